The van der Waals surface area contributed by atoms with Crippen molar-refractivity contribution in [2.75, 3.05) is 26.3 Å². The van der Waals surface area contributed by atoms with Crippen molar-refractivity contribution in [1.29, 1.82) is 0 Å². The zero-order valence-corrected chi connectivity index (χ0v) is 11.7. The normalized spacial score (nSPS) is 13.5. The van der Waals surface area contributed by atoms with Gasteiger partial charge in [0.1, 0.15) is 0 Å². The van der Waals surface area contributed by atoms with Gasteiger partial charge in [-0.05, 0) is 36.0 Å². The van der Waals surface area contributed by atoms with Crippen LogP contribution < -0.4 is 11.1 Å². The van der Waals surface area contributed by atoms with Crippen molar-refractivity contribution in [2.45, 2.75) is 26.2 Å². The van der Waals surface area contributed by atoms with Gasteiger partial charge in [0, 0.05) is 18.8 Å². The Kier molecular flexibility index (Phi) is 5.43. The lowest BCUT2D eigenvalue weighted by Gasteiger charge is -2.12. The third-order valence-electron chi connectivity index (χ3n) is 3.31. The number of nitrogens with two attached hydrogens (primary N) is 1. The monoisotopic (exact) mass is 260 g/mol. The van der Waals surface area contributed by atoms with E-state index in [1.807, 2.05) is 0 Å². The van der Waals surface area contributed by atoms with E-state index < -0.39 is 0 Å². The lowest BCUT2D eigenvalue weighted by atomic mass is 10.1. The molecule has 0 heterocycles. The molecular formula is C16H24N2O. The van der Waals surface area contributed by atoms with E-state index in [2.05, 4.69) is 36.5 Å². The lowest BCUT2D eigenvalue weighted by molar-refractivity contribution is 0.146. The topological polar surface area (TPSA) is 47.3 Å². The minimum atomic E-state index is 0.590. The molecule has 1 fully saturated rings. The summed E-state index contributed by atoms with van der Waals surface area (Å²) in [6.45, 7) is 4.96. The van der Waals surface area contributed by atoms with Crippen LogP contribution in [0.5, 0.6) is 0 Å². The molecule has 0 aliphatic heterocycles. The molecule has 1 aliphatic carbocycles. The van der Waals surface area contributed by atoms with Crippen molar-refractivity contribution in [2.24, 2.45) is 5.73 Å². The summed E-state index contributed by atoms with van der Waals surface area (Å²) in [6.07, 6.45) is 3.54. The zero-order chi connectivity index (χ0) is 13.5. The average molecular weight is 260 g/mol. The van der Waals surface area contributed by atoms with Crippen LogP contribution in [0.15, 0.2) is 29.8 Å². The molecule has 3 nitrogen and oxygen atoms in total. The first-order valence-electron chi connectivity index (χ1n) is 7.18. The van der Waals surface area contributed by atoms with Gasteiger partial charge in [-0.15, -0.1) is 0 Å². The summed E-state index contributed by atoms with van der Waals surface area (Å²) < 4.78 is 5.40. The van der Waals surface area contributed by atoms with Gasteiger partial charge in [-0.25, -0.2) is 0 Å². The third kappa shape index (κ3) is 4.37. The van der Waals surface area contributed by atoms with Gasteiger partial charge in [-0.1, -0.05) is 31.2 Å². The molecule has 104 valence electrons. The van der Waals surface area contributed by atoms with Crippen LogP contribution in [-0.2, 0) is 11.2 Å². The Labute approximate surface area is 115 Å². The number of allylic oxidation sites excluding steroid dienone is 1. The molecule has 3 N–H and O–H groups in total. The Morgan fingerprint density at radius 2 is 1.95 bits per heavy atom. The highest BCUT2D eigenvalue weighted by atomic mass is 16.5. The van der Waals surface area contributed by atoms with Crippen LogP contribution in [0.1, 0.15) is 30.9 Å². The molecule has 0 radical (unpaired) electrons. The molecular weight excluding hydrogens is 236 g/mol. The van der Waals surface area contributed by atoms with Crippen molar-refractivity contribution in [3.8, 4) is 0 Å². The standard InChI is InChI=1S/C16H24N2O/c1-2-13-3-5-14(6-4-13)16(15-7-8-15)18-10-12-19-11-9-17/h3-6,18H,2,7-12,17H2,1H3. The smallest absolute Gasteiger partial charge is 0.0639 e. The summed E-state index contributed by atoms with van der Waals surface area (Å²) in [4.78, 5) is 0. The fourth-order valence-electron chi connectivity index (χ4n) is 2.08. The first kappa shape index (κ1) is 14.1. The maximum Gasteiger partial charge on any atom is 0.0639 e. The summed E-state index contributed by atoms with van der Waals surface area (Å²) >= 11 is 0. The Hall–Kier alpha value is -1.32. The Bertz CT molecular complexity index is 417. The van der Waals surface area contributed by atoms with Gasteiger partial charge in [0.2, 0.25) is 0 Å². The van der Waals surface area contributed by atoms with E-state index in [-0.39, 0.29) is 0 Å². The van der Waals surface area contributed by atoms with Gasteiger partial charge < -0.3 is 15.8 Å². The van der Waals surface area contributed by atoms with Gasteiger partial charge in [-0.3, -0.25) is 0 Å². The van der Waals surface area contributed by atoms with E-state index in [9.17, 15) is 0 Å². The van der Waals surface area contributed by atoms with Crippen molar-refractivity contribution < 1.29 is 4.74 Å². The summed E-state index contributed by atoms with van der Waals surface area (Å²) in [7, 11) is 0. The maximum atomic E-state index is 5.40. The molecule has 0 saturated heterocycles. The molecule has 1 saturated carbocycles. The molecule has 0 amide bonds. The van der Waals surface area contributed by atoms with Crippen molar-refractivity contribution in [1.82, 2.24) is 5.32 Å². The predicted molar refractivity (Wildman–Crippen MR) is 79.9 cm³/mol. The molecule has 1 aromatic carbocycles. The number of aryl methyl sites for hydroxylation is 1. The SMILES string of the molecule is CCc1ccc(C(NCCOCCN)=C2CC2)cc1. The Morgan fingerprint density at radius 3 is 2.53 bits per heavy atom. The highest BCUT2D eigenvalue weighted by Gasteiger charge is 2.18. The lowest BCUT2D eigenvalue weighted by Crippen LogP contribution is -2.20. The number of ether oxygens (including phenoxy) is 1. The largest absolute Gasteiger partial charge is 0.382 e. The third-order valence-corrected chi connectivity index (χ3v) is 3.31. The van der Waals surface area contributed by atoms with Crippen LogP contribution in [0.25, 0.3) is 5.70 Å². The molecule has 0 atom stereocenters. The van der Waals surface area contributed by atoms with Crippen molar-refractivity contribution in [3.05, 3.63) is 41.0 Å². The van der Waals surface area contributed by atoms with Crippen molar-refractivity contribution in [3.63, 3.8) is 0 Å². The fourth-order valence-corrected chi connectivity index (χ4v) is 2.08. The van der Waals surface area contributed by atoms with E-state index in [0.29, 0.717) is 19.8 Å². The van der Waals surface area contributed by atoms with E-state index in [1.165, 1.54) is 35.2 Å². The van der Waals surface area contributed by atoms with E-state index in [0.717, 1.165) is 13.0 Å². The van der Waals surface area contributed by atoms with E-state index in [4.69, 9.17) is 10.5 Å². The molecule has 3 heteroatoms. The minimum absolute atomic E-state index is 0.590. The predicted octanol–water partition coefficient (Wildman–Crippen LogP) is 2.32. The summed E-state index contributed by atoms with van der Waals surface area (Å²) in [5, 5.41) is 3.51. The highest BCUT2D eigenvalue weighted by molar-refractivity contribution is 5.70. The molecule has 19 heavy (non-hydrogen) atoms. The maximum absolute atomic E-state index is 5.40. The summed E-state index contributed by atoms with van der Waals surface area (Å²) in [6, 6.07) is 8.86. The van der Waals surface area contributed by atoms with E-state index in [1.54, 1.807) is 0 Å². The molecule has 0 unspecified atom stereocenters. The van der Waals surface area contributed by atoms with Gasteiger partial charge in [-0.2, -0.15) is 0 Å². The summed E-state index contributed by atoms with van der Waals surface area (Å²) in [5.74, 6) is 0. The number of hydrogen-bond acceptors (Lipinski definition) is 3. The number of hydrogen-bond donors (Lipinski definition) is 2. The molecule has 0 spiro atoms. The number of benzene rings is 1. The molecule has 1 aliphatic rings. The van der Waals surface area contributed by atoms with Crippen molar-refractivity contribution >= 4 is 5.70 Å². The van der Waals surface area contributed by atoms with E-state index >= 15 is 0 Å². The van der Waals surface area contributed by atoms with Crippen LogP contribution >= 0.6 is 0 Å². The van der Waals surface area contributed by atoms with Gasteiger partial charge in [0.15, 0.2) is 0 Å². The van der Waals surface area contributed by atoms with Gasteiger partial charge >= 0.3 is 0 Å². The molecule has 0 aromatic heterocycles. The van der Waals surface area contributed by atoms with Gasteiger partial charge in [0.25, 0.3) is 0 Å². The van der Waals surface area contributed by atoms with Crippen LogP contribution in [0.3, 0.4) is 0 Å². The second kappa shape index (κ2) is 7.31. The number of nitrogens with one attached hydrogen (secondary N) is 1. The molecule has 2 rings (SSSR count). The molecule has 0 bridgehead atoms. The van der Waals surface area contributed by atoms with Crippen LogP contribution in [0.4, 0.5) is 0 Å². The fraction of sp³-hybridized carbons (Fsp3) is 0.500. The second-order valence-electron chi connectivity index (χ2n) is 4.86. The van der Waals surface area contributed by atoms with Crippen LogP contribution in [-0.4, -0.2) is 26.3 Å². The first-order chi connectivity index (χ1) is 9.35. The Morgan fingerprint density at radius 1 is 1.21 bits per heavy atom. The second-order valence-corrected chi connectivity index (χ2v) is 4.86. The number of rotatable bonds is 8. The zero-order valence-electron chi connectivity index (χ0n) is 11.7. The van der Waals surface area contributed by atoms with Crippen LogP contribution in [0.2, 0.25) is 0 Å². The highest BCUT2D eigenvalue weighted by Crippen LogP contribution is 2.34. The molecule has 1 aromatic rings. The van der Waals surface area contributed by atoms with Gasteiger partial charge in [0.05, 0.1) is 13.2 Å². The minimum Gasteiger partial charge on any atom is -0.382 e. The first-order valence-corrected chi connectivity index (χ1v) is 7.18. The average Bonchev–Trinajstić information content (AvgIpc) is 3.28. The summed E-state index contributed by atoms with van der Waals surface area (Å²) in [5.41, 5.74) is 10.9. The quantitative estimate of drug-likeness (QED) is 0.705. The van der Waals surface area contributed by atoms with Crippen LogP contribution in [0, 0.1) is 0 Å². The Balaban J connectivity index is 1.91.